The van der Waals surface area contributed by atoms with Gasteiger partial charge in [0.05, 0.1) is 6.10 Å². The molecule has 0 saturated carbocycles. The van der Waals surface area contributed by atoms with Gasteiger partial charge in [0.1, 0.15) is 5.60 Å². The third-order valence-corrected chi connectivity index (χ3v) is 1.73. The molecule has 7 heteroatoms. The van der Waals surface area contributed by atoms with Crippen LogP contribution in [-0.2, 0) is 40.6 Å². The van der Waals surface area contributed by atoms with Crippen LogP contribution >= 0.6 is 0 Å². The Labute approximate surface area is 155 Å². The van der Waals surface area contributed by atoms with Crippen LogP contribution in [-0.4, -0.2) is 23.3 Å². The molecule has 0 bridgehead atoms. The predicted octanol–water partition coefficient (Wildman–Crippen LogP) is 1.76. The minimum absolute atomic E-state index is 0. The van der Waals surface area contributed by atoms with Crippen LogP contribution in [0.15, 0.2) is 0 Å². The van der Waals surface area contributed by atoms with E-state index in [4.69, 9.17) is 14.0 Å². The molecule has 0 heterocycles. The maximum Gasteiger partial charge on any atom is 0 e. The van der Waals surface area contributed by atoms with E-state index in [-0.39, 0.29) is 28.6 Å². The van der Waals surface area contributed by atoms with Crippen molar-refractivity contribution in [2.45, 2.75) is 46.3 Å². The molecule has 0 amide bonds. The molecule has 0 spiro atoms. The minimum atomic E-state index is -1.19. The average molecular weight is 376 g/mol. The molecule has 0 rings (SSSR count). The summed E-state index contributed by atoms with van der Waals surface area (Å²) in [5.74, 6) is 5.75. The standard InChI is InChI=1S/C14H20O3.3CO.Fe/c1-12(17-11-15)7-6-8-14(5,16)10-9-13(2,3)4;3*1-2;/h6-8,12,16H,1-5H3;;;;/q-1;;;;/t12-,14+;;;;/m0..../s1. The van der Waals surface area contributed by atoms with Crippen LogP contribution < -0.4 is 0 Å². The van der Waals surface area contributed by atoms with Crippen molar-refractivity contribution in [3.63, 3.8) is 0 Å². The van der Waals surface area contributed by atoms with E-state index < -0.39 is 5.60 Å². The van der Waals surface area contributed by atoms with Crippen LogP contribution in [0.5, 0.6) is 0 Å². The first-order chi connectivity index (χ1) is 10.7. The van der Waals surface area contributed by atoms with Crippen LogP contribution in [0.1, 0.15) is 34.6 Å². The Balaban J connectivity index is -0.000000153. The van der Waals surface area contributed by atoms with Crippen molar-refractivity contribution in [3.05, 3.63) is 39.2 Å². The van der Waals surface area contributed by atoms with Gasteiger partial charge < -0.3 is 14.6 Å². The van der Waals surface area contributed by atoms with E-state index in [1.54, 1.807) is 33.1 Å². The second kappa shape index (κ2) is 21.7. The predicted molar refractivity (Wildman–Crippen MR) is 78.8 cm³/mol. The molecule has 1 N–H and O–H groups in total. The van der Waals surface area contributed by atoms with E-state index in [2.05, 4.69) is 36.5 Å². The zero-order chi connectivity index (χ0) is 19.5. The molecule has 0 aliphatic rings. The van der Waals surface area contributed by atoms with Gasteiger partial charge in [0.2, 0.25) is 0 Å². The zero-order valence-corrected chi connectivity index (χ0v) is 15.3. The maximum atomic E-state index is 9.93. The number of hydrogen-bond donors (Lipinski definition) is 1. The summed E-state index contributed by atoms with van der Waals surface area (Å²) in [7, 11) is 0. The Kier molecular flexibility index (Phi) is 30.9. The van der Waals surface area contributed by atoms with Crippen LogP contribution in [0.25, 0.3) is 0 Å². The topological polar surface area (TPSA) is 106 Å². The molecule has 6 nitrogen and oxygen atoms in total. The Hall–Kier alpha value is -1.27. The van der Waals surface area contributed by atoms with Crippen molar-refractivity contribution in [1.82, 2.24) is 0 Å². The van der Waals surface area contributed by atoms with E-state index >= 15 is 0 Å². The van der Waals surface area contributed by atoms with Crippen LogP contribution in [0.4, 0.5) is 0 Å². The zero-order valence-electron chi connectivity index (χ0n) is 14.2. The molecular weight excluding hydrogens is 356 g/mol. The minimum Gasteiger partial charge on any atom is 0 e. The fourth-order valence-corrected chi connectivity index (χ4v) is 0.870. The average Bonchev–Trinajstić information content (AvgIpc) is 2.51. The Bertz CT molecular complexity index is 392. The molecule has 0 aromatic rings. The summed E-state index contributed by atoms with van der Waals surface area (Å²) in [6.45, 7) is 24.1. The van der Waals surface area contributed by atoms with E-state index in [9.17, 15) is 9.90 Å². The van der Waals surface area contributed by atoms with Gasteiger partial charge in [-0.3, -0.25) is 0 Å². The molecule has 2 atom stereocenters. The molecule has 0 aliphatic heterocycles. The van der Waals surface area contributed by atoms with Crippen molar-refractivity contribution in [2.75, 3.05) is 0 Å². The summed E-state index contributed by atoms with van der Waals surface area (Å²) in [5.41, 5.74) is -1.33. The monoisotopic (exact) mass is 376 g/mol. The summed E-state index contributed by atoms with van der Waals surface area (Å²) < 4.78 is 27.0. The summed E-state index contributed by atoms with van der Waals surface area (Å²) in [6, 6.07) is 0. The summed E-state index contributed by atoms with van der Waals surface area (Å²) in [5, 5.41) is 9.92. The second-order valence-corrected chi connectivity index (χ2v) is 5.11. The third-order valence-electron chi connectivity index (χ3n) is 1.73. The quantitative estimate of drug-likeness (QED) is 0.330. The van der Waals surface area contributed by atoms with Crippen molar-refractivity contribution >= 4 is 6.47 Å². The van der Waals surface area contributed by atoms with Gasteiger partial charge >= 0.3 is 33.9 Å². The number of rotatable bonds is 6. The molecule has 24 heavy (non-hydrogen) atoms. The molecule has 0 aliphatic carbocycles. The van der Waals surface area contributed by atoms with Gasteiger partial charge in [-0.15, -0.1) is 0 Å². The molecule has 133 valence electrons. The summed E-state index contributed by atoms with van der Waals surface area (Å²) >= 11 is 0. The van der Waals surface area contributed by atoms with Gasteiger partial charge in [-0.25, -0.2) is 0 Å². The van der Waals surface area contributed by atoms with Crippen molar-refractivity contribution < 1.29 is 45.7 Å². The van der Waals surface area contributed by atoms with Gasteiger partial charge in [-0.05, 0) is 41.0 Å². The number of carbonyl (C=O) groups excluding carboxylic acids is 1. The fraction of sp³-hybridized carbons (Fsp3) is 0.471. The largest absolute Gasteiger partial charge is 0 e. The SMILES string of the molecule is C[C@@H]([CH][CH][CH][C@@](C)(O)C#CC(C)(C)C)O[C-]=O.[C-]#[O+].[C-]#[O+].[C-]#[O+].[Fe]. The van der Waals surface area contributed by atoms with Gasteiger partial charge in [-0.2, -0.15) is 0 Å². The number of aliphatic hydroxyl groups is 1. The van der Waals surface area contributed by atoms with E-state index in [0.717, 1.165) is 0 Å². The van der Waals surface area contributed by atoms with Crippen LogP contribution in [0, 0.1) is 56.5 Å². The van der Waals surface area contributed by atoms with Gasteiger partial charge in [0.15, 0.2) is 0 Å². The van der Waals surface area contributed by atoms with Crippen molar-refractivity contribution in [2.24, 2.45) is 5.41 Å². The first kappa shape index (κ1) is 34.1. The maximum absolute atomic E-state index is 9.93. The van der Waals surface area contributed by atoms with Gasteiger partial charge in [-0.1, -0.05) is 18.3 Å². The normalized spacial score (nSPS) is 11.8. The number of ether oxygens (including phenoxy) is 1. The smallest absolute Gasteiger partial charge is 0 e. The Morgan fingerprint density at radius 3 is 1.83 bits per heavy atom. The van der Waals surface area contributed by atoms with E-state index in [1.165, 1.54) is 6.47 Å². The first-order valence-corrected chi connectivity index (χ1v) is 6.10. The van der Waals surface area contributed by atoms with E-state index in [0.29, 0.717) is 0 Å². The van der Waals surface area contributed by atoms with Crippen LogP contribution in [0.3, 0.4) is 0 Å². The fourth-order valence-electron chi connectivity index (χ4n) is 0.870. The molecule has 0 fully saturated rings. The number of hydrogen-bond acceptors (Lipinski definition) is 3. The van der Waals surface area contributed by atoms with Gasteiger partial charge in [0, 0.05) is 35.3 Å². The van der Waals surface area contributed by atoms with Crippen LogP contribution in [0.2, 0.25) is 0 Å². The molecule has 0 aromatic heterocycles. The molecular formula is C17H20FeO6-. The Morgan fingerprint density at radius 2 is 1.50 bits per heavy atom. The van der Waals surface area contributed by atoms with Crippen molar-refractivity contribution in [1.29, 1.82) is 0 Å². The second-order valence-electron chi connectivity index (χ2n) is 5.11. The molecule has 0 saturated heterocycles. The first-order valence-electron chi connectivity index (χ1n) is 6.10. The molecule has 0 unspecified atom stereocenters. The third kappa shape index (κ3) is 32.6. The van der Waals surface area contributed by atoms with Crippen molar-refractivity contribution in [3.8, 4) is 11.8 Å². The van der Waals surface area contributed by atoms with E-state index in [1.807, 2.05) is 20.8 Å². The molecule has 0 aromatic carbocycles. The van der Waals surface area contributed by atoms with Gasteiger partial charge in [0.25, 0.3) is 0 Å². The molecule has 3 radical (unpaired) electrons. The summed E-state index contributed by atoms with van der Waals surface area (Å²) in [6.07, 6.45) is 4.45. The Morgan fingerprint density at radius 1 is 1.08 bits per heavy atom. The summed E-state index contributed by atoms with van der Waals surface area (Å²) in [4.78, 5) is 9.93.